The van der Waals surface area contributed by atoms with E-state index in [0.29, 0.717) is 51.4 Å². The Morgan fingerprint density at radius 3 is 2.62 bits per heavy atom. The highest BCUT2D eigenvalue weighted by molar-refractivity contribution is 5.83. The summed E-state index contributed by atoms with van der Waals surface area (Å²) in [5, 5.41) is 10.1. The molecule has 29 heavy (non-hydrogen) atoms. The molecule has 2 aliphatic heterocycles. The number of carbonyl (C=O) groups is 1. The van der Waals surface area contributed by atoms with Gasteiger partial charge in [0.05, 0.1) is 17.7 Å². The quantitative estimate of drug-likeness (QED) is 0.783. The van der Waals surface area contributed by atoms with E-state index in [-0.39, 0.29) is 28.9 Å². The number of ether oxygens (including phenoxy) is 1. The summed E-state index contributed by atoms with van der Waals surface area (Å²) >= 11 is 0. The van der Waals surface area contributed by atoms with E-state index < -0.39 is 5.41 Å². The third-order valence-corrected chi connectivity index (χ3v) is 7.15. The van der Waals surface area contributed by atoms with Gasteiger partial charge in [0.1, 0.15) is 5.82 Å². The number of aliphatic hydroxyl groups excluding tert-OH is 1. The Labute approximate surface area is 171 Å². The smallest absolute Gasteiger partial charge is 0.254 e. The molecular formula is C22H33N3O4. The van der Waals surface area contributed by atoms with Crippen molar-refractivity contribution in [2.75, 3.05) is 32.9 Å². The van der Waals surface area contributed by atoms with Crippen LogP contribution in [-0.4, -0.2) is 58.8 Å². The third-order valence-electron chi connectivity index (χ3n) is 7.15. The van der Waals surface area contributed by atoms with Gasteiger partial charge in [0.25, 0.3) is 5.56 Å². The molecule has 7 heteroatoms. The Hall–Kier alpha value is -1.73. The van der Waals surface area contributed by atoms with Crippen molar-refractivity contribution in [2.24, 2.45) is 5.41 Å². The normalized spacial score (nSPS) is 26.6. The van der Waals surface area contributed by atoms with Gasteiger partial charge in [0.2, 0.25) is 5.91 Å². The summed E-state index contributed by atoms with van der Waals surface area (Å²) in [6.45, 7) is 8.32. The van der Waals surface area contributed by atoms with Gasteiger partial charge in [-0.1, -0.05) is 20.8 Å². The number of fused-ring (bicyclic) bond motifs is 2. The first-order chi connectivity index (χ1) is 13.7. The maximum Gasteiger partial charge on any atom is 0.254 e. The van der Waals surface area contributed by atoms with Crippen molar-refractivity contribution in [1.82, 2.24) is 14.9 Å². The molecule has 3 aliphatic rings. The van der Waals surface area contributed by atoms with Crippen molar-refractivity contribution >= 4 is 5.91 Å². The van der Waals surface area contributed by atoms with Crippen LogP contribution >= 0.6 is 0 Å². The fraction of sp³-hybridized carbons (Fsp3) is 0.773. The van der Waals surface area contributed by atoms with Crippen LogP contribution < -0.4 is 5.56 Å². The predicted molar refractivity (Wildman–Crippen MR) is 109 cm³/mol. The molecule has 1 aromatic heterocycles. The number of hydrogen-bond acceptors (Lipinski definition) is 5. The molecule has 7 nitrogen and oxygen atoms in total. The summed E-state index contributed by atoms with van der Waals surface area (Å²) in [7, 11) is 0. The van der Waals surface area contributed by atoms with Crippen molar-refractivity contribution in [1.29, 1.82) is 0 Å². The van der Waals surface area contributed by atoms with E-state index in [1.54, 1.807) is 0 Å². The maximum absolute atomic E-state index is 13.5. The van der Waals surface area contributed by atoms with E-state index in [2.05, 4.69) is 4.98 Å². The molecule has 2 saturated heterocycles. The lowest BCUT2D eigenvalue weighted by molar-refractivity contribution is -0.154. The second-order valence-corrected chi connectivity index (χ2v) is 10.2. The minimum atomic E-state index is -0.726. The van der Waals surface area contributed by atoms with Crippen LogP contribution in [0, 0.1) is 5.41 Å². The van der Waals surface area contributed by atoms with Crippen LogP contribution in [0.15, 0.2) is 4.79 Å². The highest BCUT2D eigenvalue weighted by atomic mass is 16.5. The fourth-order valence-corrected chi connectivity index (χ4v) is 5.25. The minimum Gasteiger partial charge on any atom is -0.395 e. The minimum absolute atomic E-state index is 0.0310. The van der Waals surface area contributed by atoms with Crippen LogP contribution in [0.1, 0.15) is 70.0 Å². The molecular weight excluding hydrogens is 370 g/mol. The fourth-order valence-electron chi connectivity index (χ4n) is 5.25. The zero-order valence-electron chi connectivity index (χ0n) is 17.8. The molecule has 0 radical (unpaired) electrons. The summed E-state index contributed by atoms with van der Waals surface area (Å²) in [5.41, 5.74) is 0.432. The van der Waals surface area contributed by atoms with Crippen molar-refractivity contribution < 1.29 is 14.6 Å². The Kier molecular flexibility index (Phi) is 5.10. The van der Waals surface area contributed by atoms with Gasteiger partial charge in [-0.15, -0.1) is 0 Å². The van der Waals surface area contributed by atoms with Gasteiger partial charge in [0.15, 0.2) is 0 Å². The molecule has 1 amide bonds. The SMILES string of the molecule is CC(C)(C)c1nc2c(c(=O)[nH]1)CCC21CCCN(C(=O)C2(CO)CCOCC2)C1. The first-order valence-electron chi connectivity index (χ1n) is 10.8. The van der Waals surface area contributed by atoms with E-state index in [9.17, 15) is 14.7 Å². The summed E-state index contributed by atoms with van der Waals surface area (Å²) in [4.78, 5) is 36.1. The number of carbonyl (C=O) groups excluding carboxylic acids is 1. The Morgan fingerprint density at radius 1 is 1.24 bits per heavy atom. The third kappa shape index (κ3) is 3.42. The van der Waals surface area contributed by atoms with E-state index in [1.165, 1.54) is 0 Å². The number of rotatable bonds is 2. The molecule has 0 aromatic carbocycles. The largest absolute Gasteiger partial charge is 0.395 e. The number of piperidine rings is 1. The average Bonchev–Trinajstić information content (AvgIpc) is 3.05. The highest BCUT2D eigenvalue weighted by Crippen LogP contribution is 2.44. The van der Waals surface area contributed by atoms with E-state index in [1.807, 2.05) is 25.7 Å². The Bertz CT molecular complexity index is 851. The summed E-state index contributed by atoms with van der Waals surface area (Å²) in [6, 6.07) is 0. The van der Waals surface area contributed by atoms with E-state index >= 15 is 0 Å². The maximum atomic E-state index is 13.5. The second kappa shape index (κ2) is 7.20. The van der Waals surface area contributed by atoms with Crippen LogP contribution in [0.4, 0.5) is 0 Å². The lowest BCUT2D eigenvalue weighted by Crippen LogP contribution is -2.55. The summed E-state index contributed by atoms with van der Waals surface area (Å²) in [5.74, 6) is 0.749. The summed E-state index contributed by atoms with van der Waals surface area (Å²) in [6.07, 6.45) is 4.53. The van der Waals surface area contributed by atoms with Crippen molar-refractivity contribution in [3.63, 3.8) is 0 Å². The van der Waals surface area contributed by atoms with Gasteiger partial charge < -0.3 is 19.7 Å². The monoisotopic (exact) mass is 403 g/mol. The van der Waals surface area contributed by atoms with Crippen molar-refractivity contribution in [2.45, 2.75) is 70.1 Å². The van der Waals surface area contributed by atoms with Gasteiger partial charge in [-0.25, -0.2) is 4.98 Å². The number of nitrogens with one attached hydrogen (secondary N) is 1. The number of aromatic nitrogens is 2. The average molecular weight is 404 g/mol. The van der Waals surface area contributed by atoms with Gasteiger partial charge in [-0.05, 0) is 38.5 Å². The van der Waals surface area contributed by atoms with Crippen LogP contribution in [0.3, 0.4) is 0 Å². The van der Waals surface area contributed by atoms with Gasteiger partial charge in [-0.3, -0.25) is 9.59 Å². The molecule has 1 unspecified atom stereocenters. The number of aliphatic hydroxyl groups is 1. The topological polar surface area (TPSA) is 95.5 Å². The number of nitrogens with zero attached hydrogens (tertiary/aromatic N) is 2. The van der Waals surface area contributed by atoms with Gasteiger partial charge in [0, 0.05) is 42.7 Å². The number of aromatic amines is 1. The molecule has 160 valence electrons. The molecule has 2 N–H and O–H groups in total. The van der Waals surface area contributed by atoms with Crippen molar-refractivity contribution in [3.05, 3.63) is 27.4 Å². The van der Waals surface area contributed by atoms with E-state index in [0.717, 1.165) is 30.5 Å². The second-order valence-electron chi connectivity index (χ2n) is 10.2. The van der Waals surface area contributed by atoms with Crippen LogP contribution in [0.5, 0.6) is 0 Å². The number of amides is 1. The molecule has 1 aliphatic carbocycles. The molecule has 0 bridgehead atoms. The van der Waals surface area contributed by atoms with Crippen LogP contribution in [0.2, 0.25) is 0 Å². The Balaban J connectivity index is 1.67. The zero-order chi connectivity index (χ0) is 20.9. The molecule has 1 aromatic rings. The molecule has 4 rings (SSSR count). The first kappa shape index (κ1) is 20.5. The van der Waals surface area contributed by atoms with Gasteiger partial charge in [-0.2, -0.15) is 0 Å². The molecule has 1 spiro atoms. The number of likely N-dealkylation sites (tertiary alicyclic amines) is 1. The molecule has 3 heterocycles. The van der Waals surface area contributed by atoms with E-state index in [4.69, 9.17) is 9.72 Å². The standard InChI is InChI=1S/C22H33N3O4/c1-20(2,3)18-23-16-15(17(27)24-18)5-7-21(16)6-4-10-25(13-21)19(28)22(14-26)8-11-29-12-9-22/h26H,4-14H2,1-3H3,(H,23,24,27). The number of hydrogen-bond donors (Lipinski definition) is 2. The van der Waals surface area contributed by atoms with Crippen molar-refractivity contribution in [3.8, 4) is 0 Å². The zero-order valence-corrected chi connectivity index (χ0v) is 17.8. The highest BCUT2D eigenvalue weighted by Gasteiger charge is 2.49. The first-order valence-corrected chi connectivity index (χ1v) is 10.8. The number of H-pyrrole nitrogens is 1. The molecule has 2 fully saturated rings. The molecule has 0 saturated carbocycles. The lowest BCUT2D eigenvalue weighted by atomic mass is 9.74. The van der Waals surface area contributed by atoms with Crippen LogP contribution in [-0.2, 0) is 26.8 Å². The molecule has 1 atom stereocenters. The van der Waals surface area contributed by atoms with Crippen LogP contribution in [0.25, 0.3) is 0 Å². The Morgan fingerprint density at radius 2 is 1.97 bits per heavy atom. The summed E-state index contributed by atoms with van der Waals surface area (Å²) < 4.78 is 5.43. The lowest BCUT2D eigenvalue weighted by Gasteiger charge is -2.45. The predicted octanol–water partition coefficient (Wildman–Crippen LogP) is 1.66. The van der Waals surface area contributed by atoms with Gasteiger partial charge >= 0.3 is 0 Å².